The number of carboxylic acids is 1. The SMILES string of the molecule is O=C([O-])[C@H]1O[C@@H](O[C@H]2[C@H](O)[C@@H](NS(=O)(=O)[O-])[C@@H](OCCNS(=O)(=O)[O-])O[C@@H]2COS(=O)(=O)[O-])[C@H](O)[C@@H](O)[C@@H]1O[C@H]1O[C@H](COS(=O)(=O)[O-])[C@@H](O)[C@H](OS(=O)(=O)[O-])[C@H]1NS(=O)(=O)[O-]. The number of carbonyl (C=O) groups is 1. The number of hydrogen-bond acceptors (Lipinski definition) is 33. The number of carboxylic acid groups (broad SMARTS) is 1. The maximum Gasteiger partial charge on any atom is 0.218 e. The second-order valence-electron chi connectivity index (χ2n) is 12.3. The Bertz CT molecular complexity index is 2220. The van der Waals surface area contributed by atoms with E-state index in [1.54, 1.807) is 0 Å². The fourth-order valence-electron chi connectivity index (χ4n) is 5.61. The lowest BCUT2D eigenvalue weighted by Gasteiger charge is -2.50. The summed E-state index contributed by atoms with van der Waals surface area (Å²) < 4.78 is 250. The zero-order valence-corrected chi connectivity index (χ0v) is 34.5. The van der Waals surface area contributed by atoms with E-state index in [9.17, 15) is 108 Å². The predicted molar refractivity (Wildman–Crippen MR) is 168 cm³/mol. The maximum atomic E-state index is 12.3. The Hall–Kier alpha value is -1.71. The van der Waals surface area contributed by atoms with Gasteiger partial charge in [-0.25, -0.2) is 64.7 Å². The highest BCUT2D eigenvalue weighted by Crippen LogP contribution is 2.34. The fourth-order valence-corrected chi connectivity index (χ4v) is 8.22. The first-order valence-corrected chi connectivity index (χ1v) is 24.0. The third-order valence-corrected chi connectivity index (χ3v) is 10.9. The lowest BCUT2D eigenvalue weighted by Crippen LogP contribution is -2.70. The van der Waals surface area contributed by atoms with E-state index in [4.69, 9.17) is 28.4 Å². The highest BCUT2D eigenvalue weighted by molar-refractivity contribution is 7.84. The number of aliphatic hydroxyl groups is 4. The molecule has 0 unspecified atom stereocenters. The number of rotatable bonds is 22. The molecule has 0 radical (unpaired) electrons. The van der Waals surface area contributed by atoms with Crippen LogP contribution in [-0.2, 0) is 108 Å². The van der Waals surface area contributed by atoms with Gasteiger partial charge >= 0.3 is 0 Å². The Kier molecular flexibility index (Phi) is 18.4. The summed E-state index contributed by atoms with van der Waals surface area (Å²) in [6.45, 7) is -5.08. The summed E-state index contributed by atoms with van der Waals surface area (Å²) in [5.41, 5.74) is 0. The van der Waals surface area contributed by atoms with Crippen LogP contribution in [0.15, 0.2) is 0 Å². The molecule has 15 atom stereocenters. The maximum absolute atomic E-state index is 12.3. The van der Waals surface area contributed by atoms with Gasteiger partial charge in [0.05, 0.1) is 25.8 Å². The second-order valence-corrected chi connectivity index (χ2v) is 18.9. The summed E-state index contributed by atoms with van der Waals surface area (Å²) in [6, 6.07) is -5.28. The van der Waals surface area contributed by atoms with Crippen molar-refractivity contribution < 1.29 is 149 Å². The van der Waals surface area contributed by atoms with Gasteiger partial charge in [0, 0.05) is 6.54 Å². The molecule has 36 nitrogen and oxygen atoms in total. The van der Waals surface area contributed by atoms with E-state index < -0.39 is 186 Å². The minimum absolute atomic E-state index is 0.902. The Morgan fingerprint density at radius 1 is 0.548 bits per heavy atom. The molecule has 3 aliphatic heterocycles. The summed E-state index contributed by atoms with van der Waals surface area (Å²) in [5.74, 6) is -2.53. The van der Waals surface area contributed by atoms with E-state index >= 15 is 0 Å². The Balaban J connectivity index is 2.02. The monoisotopic (exact) mass is 1030 g/mol. The molecule has 0 saturated carbocycles. The van der Waals surface area contributed by atoms with Crippen molar-refractivity contribution in [2.24, 2.45) is 0 Å². The van der Waals surface area contributed by atoms with Crippen molar-refractivity contribution >= 4 is 68.1 Å². The molecule has 3 fully saturated rings. The van der Waals surface area contributed by atoms with Crippen LogP contribution in [-0.4, -0.2) is 223 Å². The summed E-state index contributed by atoms with van der Waals surface area (Å²) >= 11 is 0. The lowest BCUT2D eigenvalue weighted by atomic mass is 9.95. The topological polar surface area (TPSA) is 583 Å². The number of nitrogens with one attached hydrogen (secondary N) is 3. The van der Waals surface area contributed by atoms with Crippen molar-refractivity contribution in [3.63, 3.8) is 0 Å². The van der Waals surface area contributed by atoms with Crippen LogP contribution in [0, 0.1) is 0 Å². The highest BCUT2D eigenvalue weighted by Gasteiger charge is 2.55. The molecule has 42 heteroatoms. The first-order chi connectivity index (χ1) is 28.0. The molecule has 62 heavy (non-hydrogen) atoms. The molecule has 366 valence electrons. The highest BCUT2D eigenvalue weighted by atomic mass is 32.3. The fraction of sp³-hybridized carbons (Fsp3) is 0.950. The third-order valence-electron chi connectivity index (χ3n) is 7.91. The molecule has 0 aromatic rings. The Labute approximate surface area is 348 Å². The Morgan fingerprint density at radius 3 is 1.53 bits per heavy atom. The van der Waals surface area contributed by atoms with Gasteiger partial charge in [-0.1, -0.05) is 0 Å². The molecule has 3 saturated heterocycles. The van der Waals surface area contributed by atoms with Gasteiger partial charge < -0.3 is 86.1 Å². The first-order valence-electron chi connectivity index (χ1n) is 15.8. The van der Waals surface area contributed by atoms with Crippen LogP contribution in [0.5, 0.6) is 0 Å². The van der Waals surface area contributed by atoms with Crippen LogP contribution >= 0.6 is 0 Å². The molecular weight excluding hydrogens is 1000 g/mol. The number of hydrogen-bond donors (Lipinski definition) is 7. The average molecular weight is 1030 g/mol. The van der Waals surface area contributed by atoms with Crippen LogP contribution in [0.4, 0.5) is 0 Å². The molecular formula is C20H30N3O33S6-7. The van der Waals surface area contributed by atoms with Gasteiger partial charge in [-0.3, -0.25) is 12.5 Å². The quantitative estimate of drug-likeness (QED) is 0.0301. The van der Waals surface area contributed by atoms with E-state index in [0.29, 0.717) is 0 Å². The van der Waals surface area contributed by atoms with Gasteiger partial charge in [0.2, 0.25) is 31.2 Å². The van der Waals surface area contributed by atoms with Gasteiger partial charge in [-0.15, -0.1) is 0 Å². The molecule has 0 aliphatic carbocycles. The summed E-state index contributed by atoms with van der Waals surface area (Å²) in [7, 11) is -34.3. The number of ether oxygens (including phenoxy) is 6. The molecule has 7 N–H and O–H groups in total. The van der Waals surface area contributed by atoms with E-state index in [0.717, 1.165) is 4.72 Å². The molecule has 0 bridgehead atoms. The van der Waals surface area contributed by atoms with Crippen molar-refractivity contribution in [3.05, 3.63) is 0 Å². The number of aliphatic carboxylic acids is 1. The third kappa shape index (κ3) is 17.3. The lowest BCUT2D eigenvalue weighted by molar-refractivity contribution is -0.380. The molecule has 3 heterocycles. The van der Waals surface area contributed by atoms with Crippen LogP contribution in [0.2, 0.25) is 0 Å². The number of aliphatic hydroxyl groups excluding tert-OH is 4. The molecule has 0 aromatic carbocycles. The summed E-state index contributed by atoms with van der Waals surface area (Å²) in [4.78, 5) is 12.3. The molecule has 3 rings (SSSR count). The van der Waals surface area contributed by atoms with Gasteiger partial charge in [0.1, 0.15) is 73.1 Å². The molecule has 3 aliphatic rings. The number of carbonyl (C=O) groups excluding carboxylic acids is 1. The zero-order valence-electron chi connectivity index (χ0n) is 29.6. The van der Waals surface area contributed by atoms with E-state index in [2.05, 4.69) is 12.5 Å². The molecule has 0 amide bonds. The Morgan fingerprint density at radius 2 is 1.05 bits per heavy atom. The van der Waals surface area contributed by atoms with Crippen LogP contribution < -0.4 is 19.3 Å². The average Bonchev–Trinajstić information content (AvgIpc) is 3.07. The largest absolute Gasteiger partial charge is 0.735 e. The summed E-state index contributed by atoms with van der Waals surface area (Å²) in [5, 5.41) is 56.0. The zero-order chi connectivity index (χ0) is 47.6. The minimum Gasteiger partial charge on any atom is -0.735 e. The predicted octanol–water partition coefficient (Wildman–Crippen LogP) is -13.2. The smallest absolute Gasteiger partial charge is 0.218 e. The van der Waals surface area contributed by atoms with Gasteiger partial charge in [0.15, 0.2) is 49.8 Å². The standard InChI is InChI=1S/C20H37N3O33S6/c24-9-5(3-49-60(39,40)41)51-19(8(23-59(36,37)38)14(9)56-62(45,46)47)54-15-11(26)12(27)20(55-16(15)17(28)29)53-13-6(4-50-61(42,43)44)52-18(48-2-1-21-57(30,31)32)7(10(13)25)22-58(33,34)35/h5-16,18-27H,1-4H2,(H,28,29)(H,30,31,32)(H,33,34,35)(H,36,37,38)(H,39,40,41)(H,42,43,44)(H,45,46,47)/p-7/t5-,6-,7-,8-,9-,10-,11-,12-,13-,14-,15+,16+,18+,19-,20-/m1/s1. The van der Waals surface area contributed by atoms with Crippen molar-refractivity contribution in [2.45, 2.75) is 92.0 Å². The van der Waals surface area contributed by atoms with Crippen molar-refractivity contribution in [1.29, 1.82) is 0 Å². The summed E-state index contributed by atoms with van der Waals surface area (Å²) in [6.07, 6.45) is -35.1. The molecule has 0 aromatic heterocycles. The van der Waals surface area contributed by atoms with Crippen molar-refractivity contribution in [3.8, 4) is 0 Å². The van der Waals surface area contributed by atoms with Crippen LogP contribution in [0.3, 0.4) is 0 Å². The van der Waals surface area contributed by atoms with Crippen molar-refractivity contribution in [2.75, 3.05) is 26.4 Å². The van der Waals surface area contributed by atoms with E-state index in [-0.39, 0.29) is 0 Å². The molecule has 0 spiro atoms. The minimum atomic E-state index is -6.09. The van der Waals surface area contributed by atoms with Crippen LogP contribution in [0.25, 0.3) is 0 Å². The first kappa shape index (κ1) is 54.6. The van der Waals surface area contributed by atoms with Crippen molar-refractivity contribution in [1.82, 2.24) is 14.2 Å². The van der Waals surface area contributed by atoms with Gasteiger partial charge in [-0.2, -0.15) is 0 Å². The van der Waals surface area contributed by atoms with E-state index in [1.807, 2.05) is 0 Å². The van der Waals surface area contributed by atoms with E-state index in [1.165, 1.54) is 9.44 Å². The second kappa shape index (κ2) is 20.9. The normalized spacial score (nSPS) is 35.7. The van der Waals surface area contributed by atoms with Gasteiger partial charge in [0.25, 0.3) is 0 Å². The van der Waals surface area contributed by atoms with Gasteiger partial charge in [-0.05, 0) is 0 Å². The van der Waals surface area contributed by atoms with Crippen LogP contribution in [0.1, 0.15) is 0 Å².